The molecule has 0 aliphatic heterocycles. The van der Waals surface area contributed by atoms with Crippen molar-refractivity contribution in [2.24, 2.45) is 0 Å². The van der Waals surface area contributed by atoms with Crippen molar-refractivity contribution in [1.82, 2.24) is 5.32 Å². The molecular formula is C17H19NO3. The Morgan fingerprint density at radius 2 is 2.05 bits per heavy atom. The van der Waals surface area contributed by atoms with Crippen LogP contribution in [0.2, 0.25) is 0 Å². The molecule has 1 aliphatic rings. The van der Waals surface area contributed by atoms with Crippen LogP contribution in [0.15, 0.2) is 41.0 Å². The Balaban J connectivity index is 1.46. The maximum absolute atomic E-state index is 11.6. The summed E-state index contributed by atoms with van der Waals surface area (Å²) >= 11 is 0. The fraction of sp³-hybridized carbons (Fsp3) is 0.353. The van der Waals surface area contributed by atoms with Crippen molar-refractivity contribution in [3.63, 3.8) is 0 Å². The van der Waals surface area contributed by atoms with Gasteiger partial charge in [-0.2, -0.15) is 0 Å². The summed E-state index contributed by atoms with van der Waals surface area (Å²) in [6.07, 6.45) is 6.34. The van der Waals surface area contributed by atoms with E-state index in [9.17, 15) is 4.79 Å². The van der Waals surface area contributed by atoms with Crippen molar-refractivity contribution < 1.29 is 13.9 Å². The molecule has 0 unspecified atom stereocenters. The van der Waals surface area contributed by atoms with Crippen LogP contribution in [0.4, 0.5) is 0 Å². The van der Waals surface area contributed by atoms with Crippen molar-refractivity contribution in [3.8, 4) is 5.75 Å². The highest BCUT2D eigenvalue weighted by molar-refractivity contribution is 5.91. The molecule has 4 nitrogen and oxygen atoms in total. The van der Waals surface area contributed by atoms with E-state index >= 15 is 0 Å². The zero-order chi connectivity index (χ0) is 14.5. The third kappa shape index (κ3) is 3.45. The molecule has 21 heavy (non-hydrogen) atoms. The molecule has 3 rings (SSSR count). The van der Waals surface area contributed by atoms with Gasteiger partial charge < -0.3 is 14.5 Å². The van der Waals surface area contributed by atoms with Crippen LogP contribution in [-0.4, -0.2) is 19.1 Å². The average Bonchev–Trinajstić information content (AvgIpc) is 3.06. The van der Waals surface area contributed by atoms with Gasteiger partial charge in [0.05, 0.1) is 12.8 Å². The first-order valence-corrected chi connectivity index (χ1v) is 7.39. The highest BCUT2D eigenvalue weighted by atomic mass is 16.5. The van der Waals surface area contributed by atoms with Gasteiger partial charge in [0.2, 0.25) is 0 Å². The lowest BCUT2D eigenvalue weighted by Crippen LogP contribution is -2.27. The lowest BCUT2D eigenvalue weighted by Gasteiger charge is -2.16. The van der Waals surface area contributed by atoms with Gasteiger partial charge in [-0.1, -0.05) is 6.07 Å². The number of carbonyl (C=O) groups is 1. The molecule has 0 saturated heterocycles. The standard InChI is InChI=1S/C17H19NO3/c19-17(16-6-3-10-21-16)18-9-11-20-15-8-7-13-4-1-2-5-14(13)12-15/h3,6-8,10,12H,1-2,4-5,9,11H2,(H,18,19). The van der Waals surface area contributed by atoms with Crippen LogP contribution in [0.3, 0.4) is 0 Å². The number of carbonyl (C=O) groups excluding carboxylic acids is 1. The predicted molar refractivity (Wildman–Crippen MR) is 79.6 cm³/mol. The topological polar surface area (TPSA) is 51.5 Å². The SMILES string of the molecule is O=C(NCCOc1ccc2c(c1)CCCC2)c1ccco1. The summed E-state index contributed by atoms with van der Waals surface area (Å²) < 4.78 is 10.7. The third-order valence-corrected chi connectivity index (χ3v) is 3.72. The minimum atomic E-state index is -0.214. The van der Waals surface area contributed by atoms with Crippen LogP contribution < -0.4 is 10.1 Å². The number of rotatable bonds is 5. The first kappa shape index (κ1) is 13.7. The van der Waals surface area contributed by atoms with E-state index in [0.29, 0.717) is 18.9 Å². The Hall–Kier alpha value is -2.23. The fourth-order valence-corrected chi connectivity index (χ4v) is 2.63. The number of nitrogens with one attached hydrogen (secondary N) is 1. The van der Waals surface area contributed by atoms with E-state index in [4.69, 9.17) is 9.15 Å². The molecule has 1 aromatic heterocycles. The highest BCUT2D eigenvalue weighted by Gasteiger charge is 2.10. The summed E-state index contributed by atoms with van der Waals surface area (Å²) in [4.78, 5) is 11.6. The summed E-state index contributed by atoms with van der Waals surface area (Å²) in [6.45, 7) is 0.905. The minimum absolute atomic E-state index is 0.214. The summed E-state index contributed by atoms with van der Waals surface area (Å²) in [5.74, 6) is 0.987. The van der Waals surface area contributed by atoms with Crippen LogP contribution >= 0.6 is 0 Å². The van der Waals surface area contributed by atoms with Crippen molar-refractivity contribution in [1.29, 1.82) is 0 Å². The van der Waals surface area contributed by atoms with Crippen molar-refractivity contribution in [2.45, 2.75) is 25.7 Å². The molecule has 1 amide bonds. The summed E-state index contributed by atoms with van der Waals surface area (Å²) in [7, 11) is 0. The molecule has 110 valence electrons. The van der Waals surface area contributed by atoms with E-state index in [1.54, 1.807) is 12.1 Å². The number of hydrogen-bond acceptors (Lipinski definition) is 3. The Morgan fingerprint density at radius 3 is 2.86 bits per heavy atom. The van der Waals surface area contributed by atoms with Gasteiger partial charge in [-0.25, -0.2) is 0 Å². The number of hydrogen-bond donors (Lipinski definition) is 1. The molecule has 0 radical (unpaired) electrons. The molecule has 1 heterocycles. The van der Waals surface area contributed by atoms with Crippen LogP contribution in [0.25, 0.3) is 0 Å². The van der Waals surface area contributed by atoms with E-state index < -0.39 is 0 Å². The maximum Gasteiger partial charge on any atom is 0.287 e. The molecular weight excluding hydrogens is 266 g/mol. The van der Waals surface area contributed by atoms with Crippen LogP contribution in [0.5, 0.6) is 5.75 Å². The van der Waals surface area contributed by atoms with Gasteiger partial charge in [0.1, 0.15) is 12.4 Å². The van der Waals surface area contributed by atoms with Crippen molar-refractivity contribution in [2.75, 3.05) is 13.2 Å². The van der Waals surface area contributed by atoms with Gasteiger partial charge in [-0.05, 0) is 61.1 Å². The second-order valence-electron chi connectivity index (χ2n) is 5.22. The largest absolute Gasteiger partial charge is 0.492 e. The molecule has 4 heteroatoms. The van der Waals surface area contributed by atoms with Gasteiger partial charge in [-0.15, -0.1) is 0 Å². The van der Waals surface area contributed by atoms with E-state index in [-0.39, 0.29) is 5.91 Å². The maximum atomic E-state index is 11.6. The van der Waals surface area contributed by atoms with Crippen LogP contribution in [0, 0.1) is 0 Å². The number of amides is 1. The number of benzene rings is 1. The minimum Gasteiger partial charge on any atom is -0.492 e. The summed E-state index contributed by atoms with van der Waals surface area (Å²) in [5, 5.41) is 2.76. The number of ether oxygens (including phenoxy) is 1. The molecule has 0 atom stereocenters. The molecule has 2 aromatic rings. The lowest BCUT2D eigenvalue weighted by atomic mass is 9.92. The molecule has 1 aliphatic carbocycles. The van der Waals surface area contributed by atoms with Gasteiger partial charge in [0.15, 0.2) is 5.76 Å². The summed E-state index contributed by atoms with van der Waals surface area (Å²) in [6, 6.07) is 9.63. The predicted octanol–water partition coefficient (Wildman–Crippen LogP) is 2.97. The number of aryl methyl sites for hydroxylation is 2. The monoisotopic (exact) mass is 285 g/mol. The van der Waals surface area contributed by atoms with E-state index in [0.717, 1.165) is 12.2 Å². The van der Waals surface area contributed by atoms with Gasteiger partial charge in [0, 0.05) is 0 Å². The Labute approximate surface area is 124 Å². The first-order valence-electron chi connectivity index (χ1n) is 7.39. The molecule has 1 aromatic carbocycles. The smallest absolute Gasteiger partial charge is 0.287 e. The third-order valence-electron chi connectivity index (χ3n) is 3.72. The van der Waals surface area contributed by atoms with Gasteiger partial charge in [-0.3, -0.25) is 4.79 Å². The Kier molecular flexibility index (Phi) is 4.24. The van der Waals surface area contributed by atoms with E-state index in [1.807, 2.05) is 6.07 Å². The van der Waals surface area contributed by atoms with E-state index in [1.165, 1.54) is 36.7 Å². The zero-order valence-corrected chi connectivity index (χ0v) is 11.9. The molecule has 0 spiro atoms. The van der Waals surface area contributed by atoms with Crippen LogP contribution in [0.1, 0.15) is 34.5 Å². The first-order chi connectivity index (χ1) is 10.3. The summed E-state index contributed by atoms with van der Waals surface area (Å²) in [5.41, 5.74) is 2.85. The molecule has 0 fully saturated rings. The van der Waals surface area contributed by atoms with Gasteiger partial charge >= 0.3 is 0 Å². The van der Waals surface area contributed by atoms with E-state index in [2.05, 4.69) is 17.4 Å². The fourth-order valence-electron chi connectivity index (χ4n) is 2.63. The quantitative estimate of drug-likeness (QED) is 0.859. The van der Waals surface area contributed by atoms with Crippen molar-refractivity contribution >= 4 is 5.91 Å². The lowest BCUT2D eigenvalue weighted by molar-refractivity contribution is 0.0919. The highest BCUT2D eigenvalue weighted by Crippen LogP contribution is 2.25. The Bertz CT molecular complexity index is 605. The second kappa shape index (κ2) is 6.48. The zero-order valence-electron chi connectivity index (χ0n) is 11.9. The van der Waals surface area contributed by atoms with Crippen molar-refractivity contribution in [3.05, 3.63) is 53.5 Å². The van der Waals surface area contributed by atoms with Gasteiger partial charge in [0.25, 0.3) is 5.91 Å². The average molecular weight is 285 g/mol. The second-order valence-corrected chi connectivity index (χ2v) is 5.22. The number of fused-ring (bicyclic) bond motifs is 1. The molecule has 0 bridgehead atoms. The molecule has 1 N–H and O–H groups in total. The number of furan rings is 1. The molecule has 0 saturated carbocycles. The Morgan fingerprint density at radius 1 is 1.19 bits per heavy atom. The normalized spacial score (nSPS) is 13.5. The van der Waals surface area contributed by atoms with Crippen LogP contribution in [-0.2, 0) is 12.8 Å².